The third-order valence-electron chi connectivity index (χ3n) is 6.82. The molecule has 4 aliphatic rings. The van der Waals surface area contributed by atoms with E-state index in [4.69, 9.17) is 0 Å². The minimum atomic E-state index is -0.524. The number of fused-ring (bicyclic) bond motifs is 2. The highest BCUT2D eigenvalue weighted by atomic mass is 16.4. The number of nitrogens with zero attached hydrogens (tertiary/aromatic N) is 1. The van der Waals surface area contributed by atoms with Crippen LogP contribution in [0.1, 0.15) is 57.8 Å². The van der Waals surface area contributed by atoms with Gasteiger partial charge in [0.15, 0.2) is 0 Å². The highest BCUT2D eigenvalue weighted by Crippen LogP contribution is 2.54. The van der Waals surface area contributed by atoms with Crippen molar-refractivity contribution in [2.24, 2.45) is 23.2 Å². The molecule has 0 amide bonds. The zero-order valence-electron chi connectivity index (χ0n) is 12.4. The van der Waals surface area contributed by atoms with Crippen molar-refractivity contribution in [1.82, 2.24) is 4.90 Å². The van der Waals surface area contributed by atoms with Crippen molar-refractivity contribution in [1.29, 1.82) is 0 Å². The summed E-state index contributed by atoms with van der Waals surface area (Å²) in [5, 5.41) is 9.59. The van der Waals surface area contributed by atoms with Crippen LogP contribution in [0.25, 0.3) is 0 Å². The number of carboxylic acid groups (broad SMARTS) is 1. The predicted molar refractivity (Wildman–Crippen MR) is 77.5 cm³/mol. The van der Waals surface area contributed by atoms with Gasteiger partial charge in [0, 0.05) is 19.1 Å². The van der Waals surface area contributed by atoms with Gasteiger partial charge in [-0.25, -0.2) is 0 Å². The molecule has 4 rings (SSSR count). The lowest BCUT2D eigenvalue weighted by Gasteiger charge is -2.55. The zero-order valence-corrected chi connectivity index (χ0v) is 12.4. The SMILES string of the molecule is O=C(O)C1C2CCC(C2)C1N1CC2(CCCCCC2)C1. The maximum atomic E-state index is 11.6. The molecule has 3 heteroatoms. The van der Waals surface area contributed by atoms with Gasteiger partial charge >= 0.3 is 5.97 Å². The molecule has 1 heterocycles. The fourth-order valence-electron chi connectivity index (χ4n) is 5.96. The Morgan fingerprint density at radius 3 is 2.30 bits per heavy atom. The normalized spacial score (nSPS) is 43.4. The largest absolute Gasteiger partial charge is 0.481 e. The molecule has 20 heavy (non-hydrogen) atoms. The smallest absolute Gasteiger partial charge is 0.308 e. The summed E-state index contributed by atoms with van der Waals surface area (Å²) in [6.07, 6.45) is 12.0. The second kappa shape index (κ2) is 4.72. The Hall–Kier alpha value is -0.570. The minimum Gasteiger partial charge on any atom is -0.481 e. The Labute approximate surface area is 121 Å². The molecular weight excluding hydrogens is 250 g/mol. The van der Waals surface area contributed by atoms with Crippen LogP contribution in [-0.4, -0.2) is 35.1 Å². The predicted octanol–water partition coefficient (Wildman–Crippen LogP) is 3.14. The standard InChI is InChI=1S/C17H27NO2/c19-16(20)14-12-5-6-13(9-12)15(14)18-10-17(11-18)7-3-1-2-4-8-17/h12-15H,1-11H2,(H,19,20). The molecular formula is C17H27NO2. The van der Waals surface area contributed by atoms with Crippen molar-refractivity contribution >= 4 is 5.97 Å². The molecule has 4 atom stereocenters. The van der Waals surface area contributed by atoms with E-state index in [2.05, 4.69) is 4.90 Å². The number of hydrogen-bond donors (Lipinski definition) is 1. The van der Waals surface area contributed by atoms with Gasteiger partial charge in [0.2, 0.25) is 0 Å². The van der Waals surface area contributed by atoms with Gasteiger partial charge in [0.05, 0.1) is 5.92 Å². The van der Waals surface area contributed by atoms with Crippen LogP contribution in [0.5, 0.6) is 0 Å². The number of carboxylic acids is 1. The molecule has 3 saturated carbocycles. The molecule has 0 radical (unpaired) electrons. The number of rotatable bonds is 2. The van der Waals surface area contributed by atoms with E-state index >= 15 is 0 Å². The van der Waals surface area contributed by atoms with Crippen LogP contribution in [0.3, 0.4) is 0 Å². The van der Waals surface area contributed by atoms with Crippen molar-refractivity contribution in [3.05, 3.63) is 0 Å². The number of hydrogen-bond acceptors (Lipinski definition) is 2. The average Bonchev–Trinajstić information content (AvgIpc) is 2.89. The van der Waals surface area contributed by atoms with E-state index in [0.29, 0.717) is 23.3 Å². The zero-order chi connectivity index (χ0) is 13.7. The van der Waals surface area contributed by atoms with E-state index in [-0.39, 0.29) is 5.92 Å². The molecule has 112 valence electrons. The van der Waals surface area contributed by atoms with Crippen LogP contribution >= 0.6 is 0 Å². The number of carbonyl (C=O) groups is 1. The maximum absolute atomic E-state index is 11.6. The Morgan fingerprint density at radius 1 is 1.00 bits per heavy atom. The summed E-state index contributed by atoms with van der Waals surface area (Å²) >= 11 is 0. The van der Waals surface area contributed by atoms with Crippen molar-refractivity contribution in [3.63, 3.8) is 0 Å². The van der Waals surface area contributed by atoms with Crippen LogP contribution in [0.15, 0.2) is 0 Å². The van der Waals surface area contributed by atoms with Crippen LogP contribution < -0.4 is 0 Å². The quantitative estimate of drug-likeness (QED) is 0.843. The van der Waals surface area contributed by atoms with Gasteiger partial charge in [-0.2, -0.15) is 0 Å². The van der Waals surface area contributed by atoms with Gasteiger partial charge in [0.1, 0.15) is 0 Å². The average molecular weight is 277 g/mol. The second-order valence-corrected chi connectivity index (χ2v) is 8.01. The van der Waals surface area contributed by atoms with Crippen molar-refractivity contribution in [2.45, 2.75) is 63.8 Å². The van der Waals surface area contributed by atoms with Gasteiger partial charge in [-0.15, -0.1) is 0 Å². The molecule has 0 aromatic carbocycles. The molecule has 0 aromatic rings. The van der Waals surface area contributed by atoms with E-state index in [9.17, 15) is 9.90 Å². The molecule has 2 bridgehead atoms. The van der Waals surface area contributed by atoms with Gasteiger partial charge in [-0.3, -0.25) is 9.69 Å². The van der Waals surface area contributed by atoms with Crippen molar-refractivity contribution < 1.29 is 9.90 Å². The van der Waals surface area contributed by atoms with Crippen LogP contribution in [0, 0.1) is 23.2 Å². The number of aliphatic carboxylic acids is 1. The minimum absolute atomic E-state index is 0.0584. The van der Waals surface area contributed by atoms with Gasteiger partial charge in [-0.05, 0) is 49.4 Å². The highest BCUT2D eigenvalue weighted by molar-refractivity contribution is 5.72. The third-order valence-corrected chi connectivity index (χ3v) is 6.82. The summed E-state index contributed by atoms with van der Waals surface area (Å²) in [5.41, 5.74) is 0.571. The highest BCUT2D eigenvalue weighted by Gasteiger charge is 2.57. The van der Waals surface area contributed by atoms with E-state index in [1.54, 1.807) is 0 Å². The van der Waals surface area contributed by atoms with E-state index < -0.39 is 5.97 Å². The fraction of sp³-hybridized carbons (Fsp3) is 0.941. The molecule has 0 aromatic heterocycles. The van der Waals surface area contributed by atoms with Crippen molar-refractivity contribution in [3.8, 4) is 0 Å². The van der Waals surface area contributed by atoms with Crippen LogP contribution in [-0.2, 0) is 4.79 Å². The van der Waals surface area contributed by atoms with E-state index in [1.165, 1.54) is 64.5 Å². The summed E-state index contributed by atoms with van der Waals surface area (Å²) in [6, 6.07) is 0.375. The molecule has 3 nitrogen and oxygen atoms in total. The number of likely N-dealkylation sites (tertiary alicyclic amines) is 1. The lowest BCUT2D eigenvalue weighted by Crippen LogP contribution is -2.63. The Kier molecular flexibility index (Phi) is 3.10. The molecule has 1 aliphatic heterocycles. The Balaban J connectivity index is 1.45. The Bertz CT molecular complexity index is 392. The first-order chi connectivity index (χ1) is 9.69. The fourth-order valence-corrected chi connectivity index (χ4v) is 5.96. The summed E-state index contributed by atoms with van der Waals surface area (Å²) in [7, 11) is 0. The van der Waals surface area contributed by atoms with Gasteiger partial charge in [0.25, 0.3) is 0 Å². The molecule has 3 aliphatic carbocycles. The topological polar surface area (TPSA) is 40.5 Å². The maximum Gasteiger partial charge on any atom is 0.308 e. The summed E-state index contributed by atoms with van der Waals surface area (Å²) in [6.45, 7) is 2.40. The first-order valence-electron chi connectivity index (χ1n) is 8.65. The van der Waals surface area contributed by atoms with Crippen LogP contribution in [0.4, 0.5) is 0 Å². The second-order valence-electron chi connectivity index (χ2n) is 8.01. The lowest BCUT2D eigenvalue weighted by molar-refractivity contribution is -0.150. The molecule has 4 unspecified atom stereocenters. The van der Waals surface area contributed by atoms with E-state index in [0.717, 1.165) is 6.42 Å². The lowest BCUT2D eigenvalue weighted by atomic mass is 9.70. The summed E-state index contributed by atoms with van der Waals surface area (Å²) in [4.78, 5) is 14.2. The molecule has 1 spiro atoms. The molecule has 1 saturated heterocycles. The Morgan fingerprint density at radius 2 is 1.65 bits per heavy atom. The van der Waals surface area contributed by atoms with Crippen molar-refractivity contribution in [2.75, 3.05) is 13.1 Å². The van der Waals surface area contributed by atoms with Gasteiger partial charge < -0.3 is 5.11 Å². The monoisotopic (exact) mass is 277 g/mol. The first kappa shape index (κ1) is 13.1. The first-order valence-corrected chi connectivity index (χ1v) is 8.65. The van der Waals surface area contributed by atoms with Gasteiger partial charge in [-0.1, -0.05) is 25.7 Å². The third kappa shape index (κ3) is 1.93. The summed E-state index contributed by atoms with van der Waals surface area (Å²) in [5.74, 6) is 0.582. The molecule has 1 N–H and O–H groups in total. The van der Waals surface area contributed by atoms with Crippen LogP contribution in [0.2, 0.25) is 0 Å². The van der Waals surface area contributed by atoms with E-state index in [1.807, 2.05) is 0 Å². The summed E-state index contributed by atoms with van der Waals surface area (Å²) < 4.78 is 0. The molecule has 4 fully saturated rings.